The minimum atomic E-state index is -1.64. The number of benzene rings is 2. The largest absolute Gasteiger partial charge is 0.507 e. The Morgan fingerprint density at radius 2 is 1.71 bits per heavy atom. The zero-order valence-electron chi connectivity index (χ0n) is 16.4. The zero-order valence-corrected chi connectivity index (χ0v) is 16.4. The predicted octanol–water partition coefficient (Wildman–Crippen LogP) is 0.250. The van der Waals surface area contributed by atoms with Crippen molar-refractivity contribution in [2.75, 3.05) is 13.7 Å². The predicted molar refractivity (Wildman–Crippen MR) is 107 cm³/mol. The number of fused-ring (bicyclic) bond motifs is 2. The first-order valence-corrected chi connectivity index (χ1v) is 9.57. The lowest BCUT2D eigenvalue weighted by atomic mass is 9.72. The number of phenolic OH excluding ortho intramolecular Hbond substituents is 3. The van der Waals surface area contributed by atoms with Crippen molar-refractivity contribution in [3.05, 3.63) is 34.0 Å². The molecule has 10 nitrogen and oxygen atoms in total. The van der Waals surface area contributed by atoms with Gasteiger partial charge >= 0.3 is 0 Å². The lowest BCUT2D eigenvalue weighted by Crippen LogP contribution is -2.51. The highest BCUT2D eigenvalue weighted by Gasteiger charge is 2.45. The number of aliphatic hydroxyl groups excluding tert-OH is 4. The summed E-state index contributed by atoms with van der Waals surface area (Å²) in [6, 6.07) is 3.52. The molecule has 5 atom stereocenters. The number of methoxy groups -OCH3 is 1. The van der Waals surface area contributed by atoms with Gasteiger partial charge in [0.15, 0.2) is 11.5 Å². The van der Waals surface area contributed by atoms with Crippen molar-refractivity contribution in [3.63, 3.8) is 0 Å². The molecule has 1 saturated carbocycles. The third-order valence-corrected chi connectivity index (χ3v) is 6.01. The maximum atomic E-state index is 13.1. The molecule has 0 spiro atoms. The fraction of sp³-hybridized carbons (Fsp3) is 0.381. The van der Waals surface area contributed by atoms with Gasteiger partial charge in [-0.15, -0.1) is 0 Å². The SMILES string of the molecule is COc1cc2oc3cc(O)c(C4C[C@H](CO)[C@@H](O)[C@H](O)[C@H]4O)c(O)c3c(=O)c2cc1O. The van der Waals surface area contributed by atoms with E-state index in [9.17, 15) is 40.5 Å². The fourth-order valence-corrected chi connectivity index (χ4v) is 4.34. The normalized spacial score (nSPS) is 26.4. The molecule has 0 radical (unpaired) electrons. The van der Waals surface area contributed by atoms with Gasteiger partial charge in [-0.05, 0) is 12.5 Å². The first-order chi connectivity index (χ1) is 14.7. The van der Waals surface area contributed by atoms with E-state index in [0.717, 1.165) is 12.1 Å². The van der Waals surface area contributed by atoms with E-state index in [2.05, 4.69) is 0 Å². The van der Waals surface area contributed by atoms with Crippen LogP contribution in [-0.4, -0.2) is 67.8 Å². The van der Waals surface area contributed by atoms with Gasteiger partial charge in [-0.3, -0.25) is 4.79 Å². The Balaban J connectivity index is 1.97. The lowest BCUT2D eigenvalue weighted by molar-refractivity contribution is -0.127. The molecular formula is C21H22O10. The molecule has 0 bridgehead atoms. The van der Waals surface area contributed by atoms with Crippen LogP contribution in [0.1, 0.15) is 17.9 Å². The standard InChI is InChI=1S/C21H22O10/c1-30-13-5-12-8(3-10(13)23)18(26)16-14(31-12)4-11(24)15(20(16)28)9-2-7(6-22)17(25)21(29)19(9)27/h3-5,7,9,17,19,21-25,27-29H,2,6H2,1H3/t7-,9?,17-,19+,21+/m1/s1. The number of phenols is 3. The molecule has 0 amide bonds. The van der Waals surface area contributed by atoms with Crippen molar-refractivity contribution >= 4 is 21.9 Å². The summed E-state index contributed by atoms with van der Waals surface area (Å²) < 4.78 is 10.6. The number of hydrogen-bond donors (Lipinski definition) is 7. The lowest BCUT2D eigenvalue weighted by Gasteiger charge is -2.40. The third-order valence-electron chi connectivity index (χ3n) is 6.01. The van der Waals surface area contributed by atoms with Gasteiger partial charge < -0.3 is 44.9 Å². The molecule has 1 heterocycles. The Hall–Kier alpha value is -3.05. The van der Waals surface area contributed by atoms with E-state index >= 15 is 0 Å². The molecule has 4 rings (SSSR count). The molecule has 1 aliphatic rings. The first-order valence-electron chi connectivity index (χ1n) is 9.57. The summed E-state index contributed by atoms with van der Waals surface area (Å²) in [5, 5.41) is 71.3. The van der Waals surface area contributed by atoms with E-state index in [1.165, 1.54) is 13.2 Å². The number of aliphatic hydroxyl groups is 4. The average Bonchev–Trinajstić information content (AvgIpc) is 2.73. The van der Waals surface area contributed by atoms with Crippen molar-refractivity contribution in [1.29, 1.82) is 0 Å². The second-order valence-corrected chi connectivity index (χ2v) is 7.74. The van der Waals surface area contributed by atoms with Crippen LogP contribution in [0.5, 0.6) is 23.0 Å². The molecule has 2 aromatic carbocycles. The van der Waals surface area contributed by atoms with Crippen LogP contribution >= 0.6 is 0 Å². The van der Waals surface area contributed by atoms with Gasteiger partial charge in [-0.1, -0.05) is 0 Å². The molecule has 0 saturated heterocycles. The Kier molecular flexibility index (Phi) is 5.18. The molecule has 1 fully saturated rings. The minimum Gasteiger partial charge on any atom is -0.507 e. The Morgan fingerprint density at radius 3 is 2.35 bits per heavy atom. The quantitative estimate of drug-likeness (QED) is 0.282. The number of rotatable bonds is 3. The van der Waals surface area contributed by atoms with E-state index in [0.29, 0.717) is 0 Å². The topological polar surface area (TPSA) is 181 Å². The van der Waals surface area contributed by atoms with Crippen LogP contribution < -0.4 is 10.2 Å². The second kappa shape index (κ2) is 7.57. The van der Waals surface area contributed by atoms with Gasteiger partial charge in [-0.25, -0.2) is 0 Å². The zero-order chi connectivity index (χ0) is 22.6. The summed E-state index contributed by atoms with van der Waals surface area (Å²) in [5.41, 5.74) is -1.00. The molecule has 10 heteroatoms. The van der Waals surface area contributed by atoms with Crippen LogP contribution in [0.4, 0.5) is 0 Å². The third kappa shape index (κ3) is 3.15. The van der Waals surface area contributed by atoms with Gasteiger partial charge in [0.2, 0.25) is 5.43 Å². The maximum absolute atomic E-state index is 13.1. The minimum absolute atomic E-state index is 0.0503. The summed E-state index contributed by atoms with van der Waals surface area (Å²) in [6.45, 7) is -0.496. The van der Waals surface area contributed by atoms with Crippen LogP contribution in [0, 0.1) is 5.92 Å². The fourth-order valence-electron chi connectivity index (χ4n) is 4.34. The molecule has 1 aliphatic carbocycles. The summed E-state index contributed by atoms with van der Waals surface area (Å²) in [4.78, 5) is 13.1. The molecule has 1 aromatic heterocycles. The van der Waals surface area contributed by atoms with Crippen LogP contribution in [0.25, 0.3) is 21.9 Å². The molecule has 3 aromatic rings. The van der Waals surface area contributed by atoms with Gasteiger partial charge in [0.1, 0.15) is 34.2 Å². The second-order valence-electron chi connectivity index (χ2n) is 7.74. The summed E-state index contributed by atoms with van der Waals surface area (Å²) in [6.07, 6.45) is -4.68. The van der Waals surface area contributed by atoms with Gasteiger partial charge in [0.25, 0.3) is 0 Å². The summed E-state index contributed by atoms with van der Waals surface area (Å²) in [7, 11) is 1.32. The van der Waals surface area contributed by atoms with Gasteiger partial charge in [0, 0.05) is 36.1 Å². The van der Waals surface area contributed by atoms with E-state index in [-0.39, 0.29) is 45.4 Å². The van der Waals surface area contributed by atoms with E-state index < -0.39 is 53.7 Å². The highest BCUT2D eigenvalue weighted by molar-refractivity contribution is 5.96. The molecule has 1 unspecified atom stereocenters. The number of hydrogen-bond acceptors (Lipinski definition) is 10. The molecular weight excluding hydrogens is 412 g/mol. The molecule has 166 valence electrons. The highest BCUT2D eigenvalue weighted by Crippen LogP contribution is 2.47. The Morgan fingerprint density at radius 1 is 1.00 bits per heavy atom. The molecule has 31 heavy (non-hydrogen) atoms. The van der Waals surface area contributed by atoms with Crippen LogP contribution in [0.15, 0.2) is 27.4 Å². The van der Waals surface area contributed by atoms with E-state index in [1.807, 2.05) is 0 Å². The van der Waals surface area contributed by atoms with Crippen molar-refractivity contribution in [2.24, 2.45) is 5.92 Å². The summed E-state index contributed by atoms with van der Waals surface area (Å²) >= 11 is 0. The van der Waals surface area contributed by atoms with Gasteiger partial charge in [-0.2, -0.15) is 0 Å². The molecule has 7 N–H and O–H groups in total. The number of aromatic hydroxyl groups is 3. The van der Waals surface area contributed by atoms with Crippen molar-refractivity contribution < 1.29 is 44.9 Å². The Labute approximate surface area is 174 Å². The molecule has 0 aliphatic heterocycles. The number of ether oxygens (including phenoxy) is 1. The maximum Gasteiger partial charge on any atom is 0.204 e. The van der Waals surface area contributed by atoms with E-state index in [4.69, 9.17) is 9.15 Å². The monoisotopic (exact) mass is 434 g/mol. The van der Waals surface area contributed by atoms with Crippen LogP contribution in [0.2, 0.25) is 0 Å². The van der Waals surface area contributed by atoms with Crippen LogP contribution in [-0.2, 0) is 0 Å². The van der Waals surface area contributed by atoms with E-state index in [1.54, 1.807) is 0 Å². The smallest absolute Gasteiger partial charge is 0.204 e. The summed E-state index contributed by atoms with van der Waals surface area (Å²) in [5.74, 6) is -3.32. The van der Waals surface area contributed by atoms with Crippen molar-refractivity contribution in [1.82, 2.24) is 0 Å². The first kappa shape index (κ1) is 21.2. The van der Waals surface area contributed by atoms with Gasteiger partial charge in [0.05, 0.1) is 24.7 Å². The average molecular weight is 434 g/mol. The highest BCUT2D eigenvalue weighted by atomic mass is 16.5. The van der Waals surface area contributed by atoms with Crippen molar-refractivity contribution in [3.8, 4) is 23.0 Å². The van der Waals surface area contributed by atoms with Crippen LogP contribution in [0.3, 0.4) is 0 Å². The Bertz CT molecular complexity index is 1210. The van der Waals surface area contributed by atoms with Crippen molar-refractivity contribution in [2.45, 2.75) is 30.7 Å².